The number of benzene rings is 1. The Balaban J connectivity index is 1.69. The van der Waals surface area contributed by atoms with Gasteiger partial charge in [0.2, 0.25) is 0 Å². The predicted octanol–water partition coefficient (Wildman–Crippen LogP) is 1.42. The quantitative estimate of drug-likeness (QED) is 0.835. The van der Waals surface area contributed by atoms with E-state index in [9.17, 15) is 9.90 Å². The number of rotatable bonds is 3. The van der Waals surface area contributed by atoms with E-state index in [1.807, 2.05) is 13.0 Å². The van der Waals surface area contributed by atoms with Crippen molar-refractivity contribution in [2.24, 2.45) is 11.3 Å². The molecule has 0 aliphatic carbocycles. The normalized spacial score (nSPS) is 27.0. The van der Waals surface area contributed by atoms with E-state index < -0.39 is 0 Å². The largest absolute Gasteiger partial charge is 0.422 e. The van der Waals surface area contributed by atoms with Crippen LogP contribution in [-0.4, -0.2) is 42.8 Å². The first-order valence-electron chi connectivity index (χ1n) is 8.59. The van der Waals surface area contributed by atoms with Crippen LogP contribution in [0.2, 0.25) is 0 Å². The number of likely N-dealkylation sites (tertiary alicyclic amines) is 1. The molecule has 4 rings (SSSR count). The molecule has 0 spiro atoms. The third-order valence-electron chi connectivity index (χ3n) is 5.72. The van der Waals surface area contributed by atoms with Gasteiger partial charge < -0.3 is 14.8 Å². The summed E-state index contributed by atoms with van der Waals surface area (Å²) in [7, 11) is 0. The first kappa shape index (κ1) is 15.8. The van der Waals surface area contributed by atoms with Crippen molar-refractivity contribution < 1.29 is 9.52 Å². The van der Waals surface area contributed by atoms with Crippen molar-refractivity contribution in [3.8, 4) is 0 Å². The highest BCUT2D eigenvalue weighted by molar-refractivity contribution is 5.83. The molecule has 2 N–H and O–H groups in total. The average molecular weight is 328 g/mol. The highest BCUT2D eigenvalue weighted by atomic mass is 16.4. The fourth-order valence-electron chi connectivity index (χ4n) is 4.53. The van der Waals surface area contributed by atoms with Crippen molar-refractivity contribution in [3.63, 3.8) is 0 Å². The Hall–Kier alpha value is -1.69. The van der Waals surface area contributed by atoms with Crippen molar-refractivity contribution in [1.29, 1.82) is 0 Å². The molecule has 2 aliphatic heterocycles. The topological polar surface area (TPSA) is 65.7 Å². The van der Waals surface area contributed by atoms with E-state index >= 15 is 0 Å². The molecule has 0 saturated carbocycles. The van der Waals surface area contributed by atoms with Crippen molar-refractivity contribution in [2.45, 2.75) is 20.4 Å². The summed E-state index contributed by atoms with van der Waals surface area (Å²) < 4.78 is 5.44. The van der Waals surface area contributed by atoms with Crippen LogP contribution in [0.5, 0.6) is 0 Å². The lowest BCUT2D eigenvalue weighted by atomic mass is 9.82. The Labute approximate surface area is 141 Å². The molecule has 5 heteroatoms. The SMILES string of the molecule is Cc1cc(C)c2oc(=O)cc(CN3C[C@@H]4CNC[C@]4(CO)C3)c2c1. The molecular weight excluding hydrogens is 304 g/mol. The van der Waals surface area contributed by atoms with Crippen molar-refractivity contribution in [1.82, 2.24) is 10.2 Å². The lowest BCUT2D eigenvalue weighted by Gasteiger charge is -2.25. The summed E-state index contributed by atoms with van der Waals surface area (Å²) >= 11 is 0. The number of hydrogen-bond acceptors (Lipinski definition) is 5. The predicted molar refractivity (Wildman–Crippen MR) is 93.1 cm³/mol. The molecule has 128 valence electrons. The molecule has 0 unspecified atom stereocenters. The van der Waals surface area contributed by atoms with Crippen molar-refractivity contribution in [3.05, 3.63) is 45.3 Å². The van der Waals surface area contributed by atoms with Crippen molar-refractivity contribution in [2.75, 3.05) is 32.8 Å². The van der Waals surface area contributed by atoms with E-state index in [4.69, 9.17) is 4.42 Å². The molecule has 2 aliphatic rings. The van der Waals surface area contributed by atoms with Gasteiger partial charge in [-0.05, 0) is 49.1 Å². The van der Waals surface area contributed by atoms with Crippen LogP contribution < -0.4 is 10.9 Å². The standard InChI is InChI=1S/C19H24N2O3/c1-12-3-13(2)18-16(4-12)14(5-17(23)24-18)7-21-8-15-6-20-9-19(15,10-21)11-22/h3-5,15,20,22H,6-11H2,1-2H3/t15-,19+/m0/s1. The fraction of sp³-hybridized carbons (Fsp3) is 0.526. The molecule has 2 fully saturated rings. The zero-order chi connectivity index (χ0) is 16.9. The van der Waals surface area contributed by atoms with Crippen LogP contribution in [0, 0.1) is 25.2 Å². The van der Waals surface area contributed by atoms with E-state index in [-0.39, 0.29) is 17.6 Å². The minimum atomic E-state index is -0.289. The Morgan fingerprint density at radius 2 is 2.21 bits per heavy atom. The maximum Gasteiger partial charge on any atom is 0.336 e. The van der Waals surface area contributed by atoms with E-state index in [0.717, 1.165) is 49.2 Å². The molecule has 5 nitrogen and oxygen atoms in total. The average Bonchev–Trinajstić information content (AvgIpc) is 3.05. The number of nitrogens with one attached hydrogen (secondary N) is 1. The number of hydrogen-bond donors (Lipinski definition) is 2. The third kappa shape index (κ3) is 2.48. The van der Waals surface area contributed by atoms with Crippen LogP contribution in [0.4, 0.5) is 0 Å². The Morgan fingerprint density at radius 3 is 2.96 bits per heavy atom. The van der Waals surface area contributed by atoms with Gasteiger partial charge in [0.15, 0.2) is 0 Å². The number of aryl methyl sites for hydroxylation is 2. The highest BCUT2D eigenvalue weighted by Crippen LogP contribution is 2.39. The molecule has 0 amide bonds. The van der Waals surface area contributed by atoms with Crippen LogP contribution in [0.1, 0.15) is 16.7 Å². The minimum Gasteiger partial charge on any atom is -0.422 e. The molecular formula is C19H24N2O3. The number of aliphatic hydroxyl groups is 1. The Morgan fingerprint density at radius 1 is 1.38 bits per heavy atom. The van der Waals surface area contributed by atoms with Crippen LogP contribution in [0.3, 0.4) is 0 Å². The molecule has 1 aromatic carbocycles. The zero-order valence-corrected chi connectivity index (χ0v) is 14.3. The van der Waals surface area contributed by atoms with Gasteiger partial charge in [0.05, 0.1) is 6.61 Å². The van der Waals surface area contributed by atoms with Crippen molar-refractivity contribution >= 4 is 11.0 Å². The minimum absolute atomic E-state index is 0.0267. The fourth-order valence-corrected chi connectivity index (χ4v) is 4.53. The Bertz CT molecular complexity index is 844. The summed E-state index contributed by atoms with van der Waals surface area (Å²) in [5, 5.41) is 14.3. The summed E-state index contributed by atoms with van der Waals surface area (Å²) in [4.78, 5) is 14.4. The maximum atomic E-state index is 12.0. The van der Waals surface area contributed by atoms with Crippen LogP contribution in [0.15, 0.2) is 27.4 Å². The van der Waals surface area contributed by atoms with Crippen LogP contribution in [0.25, 0.3) is 11.0 Å². The van der Waals surface area contributed by atoms with Gasteiger partial charge >= 0.3 is 5.63 Å². The van der Waals surface area contributed by atoms with Crippen LogP contribution >= 0.6 is 0 Å². The van der Waals surface area contributed by atoms with Gasteiger partial charge in [-0.15, -0.1) is 0 Å². The van der Waals surface area contributed by atoms with Gasteiger partial charge in [-0.1, -0.05) is 6.07 Å². The van der Waals surface area contributed by atoms with Gasteiger partial charge in [0.25, 0.3) is 0 Å². The molecule has 2 aromatic rings. The van der Waals surface area contributed by atoms with E-state index in [1.54, 1.807) is 6.07 Å². The highest BCUT2D eigenvalue weighted by Gasteiger charge is 2.49. The lowest BCUT2D eigenvalue weighted by Crippen LogP contribution is -2.35. The van der Waals surface area contributed by atoms with Gasteiger partial charge in [-0.2, -0.15) is 0 Å². The summed E-state index contributed by atoms with van der Waals surface area (Å²) in [6, 6.07) is 5.77. The van der Waals surface area contributed by atoms with Gasteiger partial charge in [-0.25, -0.2) is 4.79 Å². The number of fused-ring (bicyclic) bond motifs is 2. The number of nitrogens with zero attached hydrogens (tertiary/aromatic N) is 1. The second-order valence-electron chi connectivity index (χ2n) is 7.57. The molecule has 2 atom stereocenters. The first-order chi connectivity index (χ1) is 11.5. The maximum absolute atomic E-state index is 12.0. The van der Waals surface area contributed by atoms with E-state index in [0.29, 0.717) is 11.5 Å². The zero-order valence-electron chi connectivity index (χ0n) is 14.3. The summed E-state index contributed by atoms with van der Waals surface area (Å²) in [5.74, 6) is 0.484. The van der Waals surface area contributed by atoms with E-state index in [1.165, 1.54) is 5.56 Å². The lowest BCUT2D eigenvalue weighted by molar-refractivity contribution is 0.124. The summed E-state index contributed by atoms with van der Waals surface area (Å²) in [6.45, 7) is 8.66. The van der Waals surface area contributed by atoms with E-state index in [2.05, 4.69) is 23.2 Å². The van der Waals surface area contributed by atoms with Gasteiger partial charge in [0.1, 0.15) is 5.58 Å². The molecule has 24 heavy (non-hydrogen) atoms. The first-order valence-corrected chi connectivity index (χ1v) is 8.59. The van der Waals surface area contributed by atoms with Gasteiger partial charge in [-0.3, -0.25) is 4.90 Å². The summed E-state index contributed by atoms with van der Waals surface area (Å²) in [6.07, 6.45) is 0. The second-order valence-corrected chi connectivity index (χ2v) is 7.57. The third-order valence-corrected chi connectivity index (χ3v) is 5.72. The van der Waals surface area contributed by atoms with Gasteiger partial charge in [0, 0.05) is 43.0 Å². The molecule has 0 radical (unpaired) electrons. The smallest absolute Gasteiger partial charge is 0.336 e. The number of aliphatic hydroxyl groups excluding tert-OH is 1. The molecule has 1 aromatic heterocycles. The monoisotopic (exact) mass is 328 g/mol. The summed E-state index contributed by atoms with van der Waals surface area (Å²) in [5.41, 5.74) is 3.57. The molecule has 3 heterocycles. The molecule has 2 saturated heterocycles. The van der Waals surface area contributed by atoms with Crippen LogP contribution in [-0.2, 0) is 6.54 Å². The second kappa shape index (κ2) is 5.69. The molecule has 0 bridgehead atoms. The Kier molecular flexibility index (Phi) is 3.75.